The van der Waals surface area contributed by atoms with Crippen molar-refractivity contribution in [1.29, 1.82) is 0 Å². The number of aryl methyl sites for hydroxylation is 1. The smallest absolute Gasteiger partial charge is 0.244 e. The largest absolute Gasteiger partial charge is 0.317 e. The van der Waals surface area contributed by atoms with Gasteiger partial charge in [-0.2, -0.15) is 5.10 Å². The van der Waals surface area contributed by atoms with Crippen LogP contribution in [-0.4, -0.2) is 36.3 Å². The van der Waals surface area contributed by atoms with E-state index in [1.807, 2.05) is 12.3 Å². The average Bonchev–Trinajstić information content (AvgIpc) is 3.13. The van der Waals surface area contributed by atoms with Crippen LogP contribution in [0.1, 0.15) is 19.0 Å². The summed E-state index contributed by atoms with van der Waals surface area (Å²) in [7, 11) is -3.54. The molecule has 0 atom stereocenters. The molecule has 0 radical (unpaired) electrons. The normalized spacial score (nSPS) is 11.9. The van der Waals surface area contributed by atoms with Crippen LogP contribution < -0.4 is 10.0 Å². The van der Waals surface area contributed by atoms with E-state index in [0.717, 1.165) is 19.5 Å². The SMILES string of the molecule is CCNCCCn1cc(S(=O)(=O)NCc2cscn2)cn1. The molecule has 21 heavy (non-hydrogen) atoms. The number of aromatic nitrogens is 3. The second kappa shape index (κ2) is 7.64. The van der Waals surface area contributed by atoms with Gasteiger partial charge in [-0.15, -0.1) is 11.3 Å². The molecule has 2 heterocycles. The maximum atomic E-state index is 12.1. The fourth-order valence-electron chi connectivity index (χ4n) is 1.73. The summed E-state index contributed by atoms with van der Waals surface area (Å²) >= 11 is 1.43. The highest BCUT2D eigenvalue weighted by molar-refractivity contribution is 7.89. The molecule has 116 valence electrons. The molecule has 7 nitrogen and oxygen atoms in total. The van der Waals surface area contributed by atoms with E-state index in [1.165, 1.54) is 17.5 Å². The predicted octanol–water partition coefficient (Wildman–Crippen LogP) is 0.818. The second-order valence-corrected chi connectivity index (χ2v) is 6.94. The van der Waals surface area contributed by atoms with Crippen molar-refractivity contribution in [3.05, 3.63) is 29.0 Å². The summed E-state index contributed by atoms with van der Waals surface area (Å²) in [6.45, 7) is 4.75. The fourth-order valence-corrected chi connectivity index (χ4v) is 3.23. The van der Waals surface area contributed by atoms with E-state index in [0.29, 0.717) is 12.2 Å². The number of thiazole rings is 1. The van der Waals surface area contributed by atoms with Gasteiger partial charge in [-0.3, -0.25) is 4.68 Å². The summed E-state index contributed by atoms with van der Waals surface area (Å²) in [6, 6.07) is 0. The van der Waals surface area contributed by atoms with Gasteiger partial charge in [-0.05, 0) is 19.5 Å². The maximum absolute atomic E-state index is 12.1. The topological polar surface area (TPSA) is 88.9 Å². The minimum atomic E-state index is -3.54. The van der Waals surface area contributed by atoms with Crippen LogP contribution in [0.3, 0.4) is 0 Å². The molecule has 0 unspecified atom stereocenters. The molecule has 0 bridgehead atoms. The van der Waals surface area contributed by atoms with Crippen molar-refractivity contribution < 1.29 is 8.42 Å². The van der Waals surface area contributed by atoms with Crippen LogP contribution in [0.15, 0.2) is 28.2 Å². The maximum Gasteiger partial charge on any atom is 0.244 e. The van der Waals surface area contributed by atoms with Gasteiger partial charge in [0.2, 0.25) is 10.0 Å². The first kappa shape index (κ1) is 16.1. The molecule has 0 amide bonds. The number of hydrogen-bond acceptors (Lipinski definition) is 6. The third-order valence-electron chi connectivity index (χ3n) is 2.84. The Bertz CT molecular complexity index is 636. The summed E-state index contributed by atoms with van der Waals surface area (Å²) in [5, 5.41) is 9.11. The lowest BCUT2D eigenvalue weighted by molar-refractivity contribution is 0.549. The molecule has 0 aliphatic heterocycles. The Morgan fingerprint density at radius 2 is 2.29 bits per heavy atom. The van der Waals surface area contributed by atoms with Gasteiger partial charge >= 0.3 is 0 Å². The highest BCUT2D eigenvalue weighted by Crippen LogP contribution is 2.09. The Labute approximate surface area is 128 Å². The van der Waals surface area contributed by atoms with Gasteiger partial charge in [0.25, 0.3) is 0 Å². The van der Waals surface area contributed by atoms with Crippen LogP contribution in [0.2, 0.25) is 0 Å². The van der Waals surface area contributed by atoms with Crippen molar-refractivity contribution in [2.24, 2.45) is 0 Å². The summed E-state index contributed by atoms with van der Waals surface area (Å²) in [5.41, 5.74) is 2.38. The van der Waals surface area contributed by atoms with E-state index < -0.39 is 10.0 Å². The van der Waals surface area contributed by atoms with Gasteiger partial charge in [0.05, 0.1) is 23.9 Å². The molecule has 0 fully saturated rings. The van der Waals surface area contributed by atoms with Gasteiger partial charge in [0.15, 0.2) is 0 Å². The molecule has 0 aromatic carbocycles. The van der Waals surface area contributed by atoms with Crippen LogP contribution in [0.5, 0.6) is 0 Å². The van der Waals surface area contributed by atoms with Crippen LogP contribution in [-0.2, 0) is 23.1 Å². The number of nitrogens with zero attached hydrogens (tertiary/aromatic N) is 3. The van der Waals surface area contributed by atoms with E-state index in [-0.39, 0.29) is 11.4 Å². The Morgan fingerprint density at radius 1 is 1.43 bits per heavy atom. The Hall–Kier alpha value is -1.29. The molecule has 2 rings (SSSR count). The minimum absolute atomic E-state index is 0.182. The van der Waals surface area contributed by atoms with E-state index in [4.69, 9.17) is 0 Å². The molecule has 2 aromatic heterocycles. The first-order valence-corrected chi connectivity index (χ1v) is 9.14. The third kappa shape index (κ3) is 4.88. The van der Waals surface area contributed by atoms with E-state index >= 15 is 0 Å². The molecule has 9 heteroatoms. The number of sulfonamides is 1. The van der Waals surface area contributed by atoms with Gasteiger partial charge < -0.3 is 5.32 Å². The van der Waals surface area contributed by atoms with E-state index in [2.05, 4.69) is 20.1 Å². The van der Waals surface area contributed by atoms with Crippen molar-refractivity contribution in [3.63, 3.8) is 0 Å². The average molecular weight is 329 g/mol. The Morgan fingerprint density at radius 3 is 3.00 bits per heavy atom. The van der Waals surface area contributed by atoms with Crippen molar-refractivity contribution in [3.8, 4) is 0 Å². The number of nitrogens with one attached hydrogen (secondary N) is 2. The van der Waals surface area contributed by atoms with Crippen molar-refractivity contribution in [1.82, 2.24) is 24.8 Å². The van der Waals surface area contributed by atoms with Crippen molar-refractivity contribution in [2.45, 2.75) is 31.3 Å². The molecule has 0 aliphatic rings. The molecule has 0 saturated carbocycles. The molecule has 0 aliphatic carbocycles. The Balaban J connectivity index is 1.89. The summed E-state index contributed by atoms with van der Waals surface area (Å²) in [4.78, 5) is 4.22. The molecular weight excluding hydrogens is 310 g/mol. The lowest BCUT2D eigenvalue weighted by Crippen LogP contribution is -2.23. The minimum Gasteiger partial charge on any atom is -0.317 e. The number of rotatable bonds is 9. The summed E-state index contributed by atoms with van der Waals surface area (Å²) < 4.78 is 28.4. The van der Waals surface area contributed by atoms with E-state index in [1.54, 1.807) is 16.4 Å². The first-order valence-electron chi connectivity index (χ1n) is 6.71. The van der Waals surface area contributed by atoms with Gasteiger partial charge in [0, 0.05) is 18.1 Å². The highest BCUT2D eigenvalue weighted by atomic mass is 32.2. The fraction of sp³-hybridized carbons (Fsp3) is 0.500. The lowest BCUT2D eigenvalue weighted by Gasteiger charge is -2.03. The van der Waals surface area contributed by atoms with Gasteiger partial charge in [0.1, 0.15) is 4.90 Å². The summed E-state index contributed by atoms with van der Waals surface area (Å²) in [5.74, 6) is 0. The van der Waals surface area contributed by atoms with Crippen LogP contribution in [0.4, 0.5) is 0 Å². The standard InChI is InChI=1S/C12H19N5O2S2/c1-2-13-4-3-5-17-8-12(7-15-17)21(18,19)16-6-11-9-20-10-14-11/h7-10,13,16H,2-6H2,1H3. The molecule has 0 saturated heterocycles. The second-order valence-electron chi connectivity index (χ2n) is 4.45. The molecule has 2 aromatic rings. The van der Waals surface area contributed by atoms with Crippen LogP contribution in [0.25, 0.3) is 0 Å². The zero-order chi connectivity index (χ0) is 15.1. The quantitative estimate of drug-likeness (QED) is 0.665. The molecule has 2 N–H and O–H groups in total. The third-order valence-corrected chi connectivity index (χ3v) is 4.83. The summed E-state index contributed by atoms with van der Waals surface area (Å²) in [6.07, 6.45) is 3.83. The van der Waals surface area contributed by atoms with Gasteiger partial charge in [-0.1, -0.05) is 6.92 Å². The first-order chi connectivity index (χ1) is 10.1. The molecule has 0 spiro atoms. The van der Waals surface area contributed by atoms with Gasteiger partial charge in [-0.25, -0.2) is 18.1 Å². The predicted molar refractivity (Wildman–Crippen MR) is 81.5 cm³/mol. The van der Waals surface area contributed by atoms with Crippen molar-refractivity contribution >= 4 is 21.4 Å². The Kier molecular flexibility index (Phi) is 5.85. The highest BCUT2D eigenvalue weighted by Gasteiger charge is 2.16. The monoisotopic (exact) mass is 329 g/mol. The zero-order valence-electron chi connectivity index (χ0n) is 11.8. The van der Waals surface area contributed by atoms with Crippen LogP contribution >= 0.6 is 11.3 Å². The molecular formula is C12H19N5O2S2. The van der Waals surface area contributed by atoms with Crippen LogP contribution in [0, 0.1) is 0 Å². The lowest BCUT2D eigenvalue weighted by atomic mass is 10.4. The zero-order valence-corrected chi connectivity index (χ0v) is 13.5. The number of hydrogen-bond donors (Lipinski definition) is 2. The van der Waals surface area contributed by atoms with E-state index in [9.17, 15) is 8.42 Å². The van der Waals surface area contributed by atoms with Crippen molar-refractivity contribution in [2.75, 3.05) is 13.1 Å².